The fourth-order valence-corrected chi connectivity index (χ4v) is 1.82. The van der Waals surface area contributed by atoms with Crippen LogP contribution in [0.4, 0.5) is 5.69 Å². The Labute approximate surface area is 109 Å². The zero-order valence-corrected chi connectivity index (χ0v) is 10.4. The van der Waals surface area contributed by atoms with Gasteiger partial charge in [-0.3, -0.25) is 14.5 Å². The van der Waals surface area contributed by atoms with E-state index in [4.69, 9.17) is 4.74 Å². The number of nitroso groups, excluding NO2 is 1. The van der Waals surface area contributed by atoms with Gasteiger partial charge in [0.05, 0.1) is 18.1 Å². The summed E-state index contributed by atoms with van der Waals surface area (Å²) in [5.41, 5.74) is 0.489. The number of carbonyl (C=O) groups excluding carboxylic acids is 2. The first-order valence-electron chi connectivity index (χ1n) is 5.73. The molecule has 2 amide bonds. The molecule has 1 aromatic carbocycles. The van der Waals surface area contributed by atoms with Crippen LogP contribution in [-0.4, -0.2) is 30.5 Å². The molecule has 0 N–H and O–H groups in total. The lowest BCUT2D eigenvalue weighted by Gasteiger charge is -2.21. The van der Waals surface area contributed by atoms with Gasteiger partial charge in [-0.15, -0.1) is 4.91 Å². The average Bonchev–Trinajstić information content (AvgIpc) is 2.76. The first-order valence-corrected chi connectivity index (χ1v) is 5.73. The van der Waals surface area contributed by atoms with Crippen molar-refractivity contribution in [2.24, 2.45) is 5.29 Å². The molecule has 1 fully saturated rings. The predicted molar refractivity (Wildman–Crippen MR) is 67.2 cm³/mol. The molecule has 0 saturated carbocycles. The van der Waals surface area contributed by atoms with E-state index in [2.05, 4.69) is 5.29 Å². The number of benzene rings is 1. The Morgan fingerprint density at radius 3 is 2.26 bits per heavy atom. The summed E-state index contributed by atoms with van der Waals surface area (Å²) >= 11 is 0. The molecule has 0 aliphatic carbocycles. The smallest absolute Gasteiger partial charge is 0.231 e. The predicted octanol–water partition coefficient (Wildman–Crippen LogP) is 1.29. The van der Waals surface area contributed by atoms with Crippen LogP contribution in [0.15, 0.2) is 29.6 Å². The SMILES string of the molecule is COc1ccc(N(CN2C(=O)CCC2=O)N=O)cc1. The highest BCUT2D eigenvalue weighted by atomic mass is 16.5. The third kappa shape index (κ3) is 2.70. The number of nitrogens with zero attached hydrogens (tertiary/aromatic N) is 3. The van der Waals surface area contributed by atoms with E-state index < -0.39 is 0 Å². The molecule has 2 rings (SSSR count). The molecule has 1 aliphatic rings. The fraction of sp³-hybridized carbons (Fsp3) is 0.333. The second-order valence-electron chi connectivity index (χ2n) is 4.04. The van der Waals surface area contributed by atoms with Gasteiger partial charge in [0.1, 0.15) is 12.4 Å². The van der Waals surface area contributed by atoms with Crippen molar-refractivity contribution in [3.8, 4) is 5.75 Å². The van der Waals surface area contributed by atoms with Gasteiger partial charge in [0.25, 0.3) is 0 Å². The molecule has 0 atom stereocenters. The highest BCUT2D eigenvalue weighted by Crippen LogP contribution is 2.21. The maximum absolute atomic E-state index is 11.5. The minimum Gasteiger partial charge on any atom is -0.497 e. The summed E-state index contributed by atoms with van der Waals surface area (Å²) in [6, 6.07) is 6.60. The molecule has 19 heavy (non-hydrogen) atoms. The Hall–Kier alpha value is -2.44. The van der Waals surface area contributed by atoms with Crippen LogP contribution in [0.2, 0.25) is 0 Å². The molecule has 7 nitrogen and oxygen atoms in total. The van der Waals surface area contributed by atoms with Gasteiger partial charge in [0.2, 0.25) is 11.8 Å². The lowest BCUT2D eigenvalue weighted by molar-refractivity contribution is -0.138. The maximum atomic E-state index is 11.5. The van der Waals surface area contributed by atoms with E-state index in [0.717, 1.165) is 9.91 Å². The van der Waals surface area contributed by atoms with E-state index in [1.54, 1.807) is 24.3 Å². The van der Waals surface area contributed by atoms with Crippen molar-refractivity contribution in [1.82, 2.24) is 4.90 Å². The minimum absolute atomic E-state index is 0.159. The first-order chi connectivity index (χ1) is 9.15. The van der Waals surface area contributed by atoms with Crippen LogP contribution >= 0.6 is 0 Å². The van der Waals surface area contributed by atoms with Crippen molar-refractivity contribution in [2.75, 3.05) is 18.8 Å². The molecule has 0 unspecified atom stereocenters. The Bertz CT molecular complexity index is 484. The van der Waals surface area contributed by atoms with E-state index in [1.165, 1.54) is 7.11 Å². The number of carbonyl (C=O) groups is 2. The highest BCUT2D eigenvalue weighted by molar-refractivity contribution is 6.02. The number of methoxy groups -OCH3 is 1. The van der Waals surface area contributed by atoms with Crippen molar-refractivity contribution in [3.05, 3.63) is 29.2 Å². The van der Waals surface area contributed by atoms with E-state index in [0.29, 0.717) is 11.4 Å². The van der Waals surface area contributed by atoms with E-state index >= 15 is 0 Å². The molecule has 0 radical (unpaired) electrons. The lowest BCUT2D eigenvalue weighted by Crippen LogP contribution is -2.38. The van der Waals surface area contributed by atoms with Gasteiger partial charge in [-0.05, 0) is 24.3 Å². The van der Waals surface area contributed by atoms with Crippen LogP contribution in [-0.2, 0) is 9.59 Å². The molecule has 0 aromatic heterocycles. The average molecular weight is 263 g/mol. The molecule has 1 heterocycles. The summed E-state index contributed by atoms with van der Waals surface area (Å²) < 4.78 is 5.00. The summed E-state index contributed by atoms with van der Waals surface area (Å²) in [4.78, 5) is 34.9. The molecule has 1 aliphatic heterocycles. The molecule has 100 valence electrons. The lowest BCUT2D eigenvalue weighted by atomic mass is 10.3. The monoisotopic (exact) mass is 263 g/mol. The van der Waals surface area contributed by atoms with E-state index in [1.807, 2.05) is 0 Å². The first kappa shape index (κ1) is 13.0. The van der Waals surface area contributed by atoms with E-state index in [9.17, 15) is 14.5 Å². The minimum atomic E-state index is -0.285. The topological polar surface area (TPSA) is 79.3 Å². The quantitative estimate of drug-likeness (QED) is 0.454. The molecule has 0 bridgehead atoms. The number of anilines is 1. The third-order valence-electron chi connectivity index (χ3n) is 2.90. The molecule has 1 saturated heterocycles. The van der Waals surface area contributed by atoms with Crippen LogP contribution in [0, 0.1) is 4.91 Å². The Morgan fingerprint density at radius 2 is 1.79 bits per heavy atom. The summed E-state index contributed by atoms with van der Waals surface area (Å²) in [5.74, 6) is 0.0715. The molecule has 7 heteroatoms. The van der Waals surface area contributed by atoms with Crippen molar-refractivity contribution in [2.45, 2.75) is 12.8 Å². The van der Waals surface area contributed by atoms with Crippen molar-refractivity contribution < 1.29 is 14.3 Å². The standard InChI is InChI=1S/C12H13N3O4/c1-19-10-4-2-9(3-5-10)15(13-18)8-14-11(16)6-7-12(14)17/h2-5H,6-8H2,1H3. The van der Waals surface area contributed by atoms with Gasteiger partial charge in [0.15, 0.2) is 0 Å². The Kier molecular flexibility index (Phi) is 3.74. The largest absolute Gasteiger partial charge is 0.497 e. The second kappa shape index (κ2) is 5.47. The Morgan fingerprint density at radius 1 is 1.21 bits per heavy atom. The summed E-state index contributed by atoms with van der Waals surface area (Å²) in [7, 11) is 1.53. The third-order valence-corrected chi connectivity index (χ3v) is 2.90. The van der Waals surface area contributed by atoms with Gasteiger partial charge < -0.3 is 4.74 Å². The fourth-order valence-electron chi connectivity index (χ4n) is 1.82. The summed E-state index contributed by atoms with van der Waals surface area (Å²) in [5, 5.41) is 3.90. The maximum Gasteiger partial charge on any atom is 0.231 e. The second-order valence-corrected chi connectivity index (χ2v) is 4.04. The molecular weight excluding hydrogens is 250 g/mol. The van der Waals surface area contributed by atoms with E-state index in [-0.39, 0.29) is 31.3 Å². The number of hydrogen-bond donors (Lipinski definition) is 0. The van der Waals surface area contributed by atoms with Crippen LogP contribution in [0.3, 0.4) is 0 Å². The van der Waals surface area contributed by atoms with Crippen molar-refractivity contribution >= 4 is 17.5 Å². The van der Waals surface area contributed by atoms with Gasteiger partial charge in [-0.1, -0.05) is 0 Å². The number of rotatable bonds is 5. The number of hydrogen-bond acceptors (Lipinski definition) is 5. The number of imide groups is 1. The zero-order chi connectivity index (χ0) is 13.8. The van der Waals surface area contributed by atoms with Crippen LogP contribution in [0.1, 0.15) is 12.8 Å². The number of ether oxygens (including phenoxy) is 1. The number of amides is 2. The summed E-state index contributed by atoms with van der Waals surface area (Å²) in [6.07, 6.45) is 0.377. The van der Waals surface area contributed by atoms with Gasteiger partial charge in [-0.2, -0.15) is 0 Å². The molecular formula is C12H13N3O4. The van der Waals surface area contributed by atoms with Crippen LogP contribution in [0.25, 0.3) is 0 Å². The molecule has 0 spiro atoms. The van der Waals surface area contributed by atoms with Crippen LogP contribution < -0.4 is 9.75 Å². The normalized spacial score (nSPS) is 14.7. The molecule has 1 aromatic rings. The summed E-state index contributed by atoms with van der Waals surface area (Å²) in [6.45, 7) is -0.159. The van der Waals surface area contributed by atoms with Crippen molar-refractivity contribution in [1.29, 1.82) is 0 Å². The number of likely N-dealkylation sites (tertiary alicyclic amines) is 1. The van der Waals surface area contributed by atoms with Crippen LogP contribution in [0.5, 0.6) is 5.75 Å². The highest BCUT2D eigenvalue weighted by Gasteiger charge is 2.30. The van der Waals surface area contributed by atoms with Gasteiger partial charge >= 0.3 is 0 Å². The zero-order valence-electron chi connectivity index (χ0n) is 10.4. The van der Waals surface area contributed by atoms with Gasteiger partial charge in [-0.25, -0.2) is 5.01 Å². The van der Waals surface area contributed by atoms with Gasteiger partial charge in [0, 0.05) is 12.8 Å². The van der Waals surface area contributed by atoms with Crippen molar-refractivity contribution in [3.63, 3.8) is 0 Å². The Balaban J connectivity index is 2.13.